The Morgan fingerprint density at radius 3 is 2.34 bits per heavy atom. The number of aromatic nitrogens is 3. The number of hydrogen-bond donors (Lipinski definition) is 1. The van der Waals surface area contributed by atoms with E-state index in [4.69, 9.17) is 25.8 Å². The van der Waals surface area contributed by atoms with Gasteiger partial charge in [-0.15, -0.1) is 10.2 Å². The molecule has 1 amide bonds. The molecule has 0 aliphatic rings. The molecule has 3 aromatic carbocycles. The lowest BCUT2D eigenvalue weighted by molar-refractivity contribution is -0.118. The van der Waals surface area contributed by atoms with Gasteiger partial charge in [-0.25, -0.2) is 5.43 Å². The van der Waals surface area contributed by atoms with E-state index < -0.39 is 0 Å². The molecule has 1 heterocycles. The van der Waals surface area contributed by atoms with Gasteiger partial charge in [-0.3, -0.25) is 9.36 Å². The Balaban J connectivity index is 1.50. The van der Waals surface area contributed by atoms with Crippen LogP contribution in [0.25, 0.3) is 17.1 Å². The molecule has 196 valence electrons. The van der Waals surface area contributed by atoms with Crippen molar-refractivity contribution in [2.45, 2.75) is 12.1 Å². The third-order valence-corrected chi connectivity index (χ3v) is 6.67. The standard InChI is InChI=1S/C27H26ClN5O4S/c1-17-5-12-21(13-6-17)33-26(18-7-10-20(28)11-8-18)31-32-27(33)38-16-23(34)30-29-15-19-9-14-22(35-2)25(37-4)24(19)36-3/h5-15H,16H2,1-4H3,(H,30,34). The highest BCUT2D eigenvalue weighted by molar-refractivity contribution is 7.99. The molecule has 4 rings (SSSR count). The average Bonchev–Trinajstić information content (AvgIpc) is 3.36. The number of nitrogens with one attached hydrogen (secondary N) is 1. The Morgan fingerprint density at radius 2 is 1.68 bits per heavy atom. The second-order valence-electron chi connectivity index (χ2n) is 7.99. The Hall–Kier alpha value is -4.02. The van der Waals surface area contributed by atoms with Crippen molar-refractivity contribution in [1.29, 1.82) is 0 Å². The molecule has 0 unspecified atom stereocenters. The summed E-state index contributed by atoms with van der Waals surface area (Å²) < 4.78 is 18.0. The SMILES string of the molecule is COc1ccc(C=NNC(=O)CSc2nnc(-c3ccc(Cl)cc3)n2-c2ccc(C)cc2)c(OC)c1OC. The third kappa shape index (κ3) is 6.09. The number of carbonyl (C=O) groups excluding carboxylic acids is 1. The van der Waals surface area contributed by atoms with Gasteiger partial charge in [0.25, 0.3) is 5.91 Å². The fraction of sp³-hybridized carbons (Fsp3) is 0.185. The van der Waals surface area contributed by atoms with Crippen molar-refractivity contribution in [3.8, 4) is 34.3 Å². The summed E-state index contributed by atoms with van der Waals surface area (Å²) >= 11 is 7.32. The van der Waals surface area contributed by atoms with Crippen LogP contribution >= 0.6 is 23.4 Å². The summed E-state index contributed by atoms with van der Waals surface area (Å²) in [6, 6.07) is 18.9. The Labute approximate surface area is 229 Å². The van der Waals surface area contributed by atoms with Crippen LogP contribution in [0.1, 0.15) is 11.1 Å². The highest BCUT2D eigenvalue weighted by atomic mass is 35.5. The zero-order valence-corrected chi connectivity index (χ0v) is 22.8. The van der Waals surface area contributed by atoms with Crippen molar-refractivity contribution < 1.29 is 19.0 Å². The van der Waals surface area contributed by atoms with Crippen LogP contribution in [-0.2, 0) is 4.79 Å². The lowest BCUT2D eigenvalue weighted by atomic mass is 10.2. The van der Waals surface area contributed by atoms with Crippen LogP contribution in [0.4, 0.5) is 0 Å². The van der Waals surface area contributed by atoms with Gasteiger partial charge < -0.3 is 14.2 Å². The van der Waals surface area contributed by atoms with E-state index in [0.29, 0.717) is 38.8 Å². The van der Waals surface area contributed by atoms with Crippen molar-refractivity contribution >= 4 is 35.5 Å². The number of nitrogens with zero attached hydrogens (tertiary/aromatic N) is 4. The molecule has 9 nitrogen and oxygen atoms in total. The highest BCUT2D eigenvalue weighted by Crippen LogP contribution is 2.39. The number of ether oxygens (including phenoxy) is 3. The minimum absolute atomic E-state index is 0.0744. The Kier molecular flexibility index (Phi) is 8.88. The first-order valence-electron chi connectivity index (χ1n) is 11.5. The molecule has 0 spiro atoms. The van der Waals surface area contributed by atoms with Gasteiger partial charge in [-0.2, -0.15) is 5.10 Å². The van der Waals surface area contributed by atoms with Crippen LogP contribution in [0.15, 0.2) is 70.9 Å². The van der Waals surface area contributed by atoms with Crippen molar-refractivity contribution in [2.24, 2.45) is 5.10 Å². The van der Waals surface area contributed by atoms with Gasteiger partial charge in [-0.05, 0) is 55.5 Å². The van der Waals surface area contributed by atoms with Crippen molar-refractivity contribution in [3.05, 3.63) is 76.8 Å². The van der Waals surface area contributed by atoms with E-state index in [1.807, 2.05) is 47.9 Å². The molecule has 0 aliphatic carbocycles. The molecule has 0 fully saturated rings. The molecule has 38 heavy (non-hydrogen) atoms. The van der Waals surface area contributed by atoms with Crippen LogP contribution < -0.4 is 19.6 Å². The maximum absolute atomic E-state index is 12.6. The van der Waals surface area contributed by atoms with Crippen molar-refractivity contribution in [1.82, 2.24) is 20.2 Å². The summed E-state index contributed by atoms with van der Waals surface area (Å²) in [5.41, 5.74) is 6.02. The minimum Gasteiger partial charge on any atom is -0.493 e. The van der Waals surface area contributed by atoms with Gasteiger partial charge in [-0.1, -0.05) is 41.1 Å². The fourth-order valence-corrected chi connectivity index (χ4v) is 4.51. The number of hydrazone groups is 1. The lowest BCUT2D eigenvalue weighted by Gasteiger charge is -2.13. The van der Waals surface area contributed by atoms with E-state index in [2.05, 4.69) is 20.7 Å². The summed E-state index contributed by atoms with van der Waals surface area (Å²) in [5, 5.41) is 14.0. The van der Waals surface area contributed by atoms with Gasteiger partial charge in [0, 0.05) is 21.8 Å². The lowest BCUT2D eigenvalue weighted by Crippen LogP contribution is -2.20. The first-order valence-corrected chi connectivity index (χ1v) is 12.8. The van der Waals surface area contributed by atoms with Gasteiger partial charge in [0.1, 0.15) is 0 Å². The molecule has 1 aromatic heterocycles. The molecule has 0 saturated heterocycles. The molecular formula is C27H26ClN5O4S. The first kappa shape index (κ1) is 27.0. The van der Waals surface area contributed by atoms with Gasteiger partial charge in [0.2, 0.25) is 5.75 Å². The normalized spacial score (nSPS) is 11.0. The number of halogens is 1. The molecule has 0 bridgehead atoms. The van der Waals surface area contributed by atoms with Crippen molar-refractivity contribution in [3.63, 3.8) is 0 Å². The van der Waals surface area contributed by atoms with E-state index in [9.17, 15) is 4.79 Å². The number of thioether (sulfide) groups is 1. The number of aryl methyl sites for hydroxylation is 1. The molecule has 0 radical (unpaired) electrons. The summed E-state index contributed by atoms with van der Waals surface area (Å²) in [5.74, 6) is 1.82. The van der Waals surface area contributed by atoms with Crippen LogP contribution in [0, 0.1) is 6.92 Å². The van der Waals surface area contributed by atoms with E-state index in [1.165, 1.54) is 32.2 Å². The van der Waals surface area contributed by atoms with E-state index in [0.717, 1.165) is 16.8 Å². The number of benzene rings is 3. The fourth-order valence-electron chi connectivity index (χ4n) is 3.64. The molecule has 0 aliphatic heterocycles. The predicted octanol–water partition coefficient (Wildman–Crippen LogP) is 5.16. The molecule has 0 saturated carbocycles. The maximum Gasteiger partial charge on any atom is 0.250 e. The summed E-state index contributed by atoms with van der Waals surface area (Å²) in [6.45, 7) is 2.02. The van der Waals surface area contributed by atoms with Crippen LogP contribution in [0.5, 0.6) is 17.2 Å². The summed E-state index contributed by atoms with van der Waals surface area (Å²) in [4.78, 5) is 12.6. The Bertz CT molecular complexity index is 1440. The first-order chi connectivity index (χ1) is 18.4. The van der Waals surface area contributed by atoms with Gasteiger partial charge in [0.15, 0.2) is 22.5 Å². The van der Waals surface area contributed by atoms with Gasteiger partial charge >= 0.3 is 0 Å². The van der Waals surface area contributed by atoms with Crippen LogP contribution in [0.2, 0.25) is 5.02 Å². The quantitative estimate of drug-likeness (QED) is 0.165. The zero-order chi connectivity index (χ0) is 27.1. The van der Waals surface area contributed by atoms with E-state index in [-0.39, 0.29) is 11.7 Å². The number of rotatable bonds is 10. The molecule has 4 aromatic rings. The van der Waals surface area contributed by atoms with Crippen LogP contribution in [-0.4, -0.2) is 54.0 Å². The van der Waals surface area contributed by atoms with Crippen molar-refractivity contribution in [2.75, 3.05) is 27.1 Å². The largest absolute Gasteiger partial charge is 0.493 e. The Morgan fingerprint density at radius 1 is 0.974 bits per heavy atom. The molecule has 0 atom stereocenters. The topological polar surface area (TPSA) is 99.9 Å². The average molecular weight is 552 g/mol. The third-order valence-electron chi connectivity index (χ3n) is 5.49. The molecule has 11 heteroatoms. The molecule has 1 N–H and O–H groups in total. The smallest absolute Gasteiger partial charge is 0.250 e. The maximum atomic E-state index is 12.6. The number of hydrogen-bond acceptors (Lipinski definition) is 8. The van der Waals surface area contributed by atoms with Crippen LogP contribution in [0.3, 0.4) is 0 Å². The summed E-state index contributed by atoms with van der Waals surface area (Å²) in [6.07, 6.45) is 1.48. The summed E-state index contributed by atoms with van der Waals surface area (Å²) in [7, 11) is 4.58. The second kappa shape index (κ2) is 12.5. The van der Waals surface area contributed by atoms with E-state index >= 15 is 0 Å². The number of methoxy groups -OCH3 is 3. The minimum atomic E-state index is -0.308. The van der Waals surface area contributed by atoms with E-state index in [1.54, 1.807) is 31.4 Å². The number of carbonyl (C=O) groups is 1. The number of amides is 1. The predicted molar refractivity (Wildman–Crippen MR) is 149 cm³/mol. The highest BCUT2D eigenvalue weighted by Gasteiger charge is 2.18. The monoisotopic (exact) mass is 551 g/mol. The molecular weight excluding hydrogens is 526 g/mol. The second-order valence-corrected chi connectivity index (χ2v) is 9.37. The zero-order valence-electron chi connectivity index (χ0n) is 21.3. The van der Waals surface area contributed by atoms with Gasteiger partial charge in [0.05, 0.1) is 33.3 Å².